The highest BCUT2D eigenvalue weighted by Gasteiger charge is 2.41. The lowest BCUT2D eigenvalue weighted by molar-refractivity contribution is -0.125. The fourth-order valence-electron chi connectivity index (χ4n) is 3.28. The van der Waals surface area contributed by atoms with Crippen LogP contribution in [0.25, 0.3) is 0 Å². The normalized spacial score (nSPS) is 16.1. The van der Waals surface area contributed by atoms with E-state index in [0.29, 0.717) is 43.2 Å². The van der Waals surface area contributed by atoms with Crippen molar-refractivity contribution >= 4 is 11.6 Å². The Bertz CT molecular complexity index is 724. The lowest BCUT2D eigenvalue weighted by Gasteiger charge is -2.36. The van der Waals surface area contributed by atoms with Crippen LogP contribution < -0.4 is 14.8 Å². The van der Waals surface area contributed by atoms with Crippen LogP contribution in [-0.2, 0) is 14.9 Å². The molecule has 0 aromatic heterocycles. The molecular weight excluding hydrogens is 318 g/mol. The smallest absolute Gasteiger partial charge is 0.235 e. The van der Waals surface area contributed by atoms with E-state index in [9.17, 15) is 4.79 Å². The van der Waals surface area contributed by atoms with Crippen molar-refractivity contribution in [3.05, 3.63) is 54.1 Å². The van der Waals surface area contributed by atoms with Gasteiger partial charge in [-0.1, -0.05) is 30.3 Å². The Kier molecular flexibility index (Phi) is 5.24. The van der Waals surface area contributed by atoms with Crippen molar-refractivity contribution in [1.82, 2.24) is 0 Å². The lowest BCUT2D eigenvalue weighted by atomic mass is 9.73. The van der Waals surface area contributed by atoms with Crippen LogP contribution in [0.4, 0.5) is 5.69 Å². The zero-order chi connectivity index (χ0) is 17.7. The number of benzene rings is 2. The maximum atomic E-state index is 13.3. The number of hydrogen-bond donors (Lipinski definition) is 1. The van der Waals surface area contributed by atoms with E-state index in [1.807, 2.05) is 30.3 Å². The average molecular weight is 341 g/mol. The molecular formula is C20H23NO4. The van der Waals surface area contributed by atoms with Crippen LogP contribution in [-0.4, -0.2) is 33.3 Å². The third-order valence-electron chi connectivity index (χ3n) is 4.76. The van der Waals surface area contributed by atoms with Gasteiger partial charge in [0.2, 0.25) is 5.91 Å². The molecule has 0 radical (unpaired) electrons. The van der Waals surface area contributed by atoms with Crippen LogP contribution >= 0.6 is 0 Å². The van der Waals surface area contributed by atoms with Gasteiger partial charge in [-0.05, 0) is 30.5 Å². The van der Waals surface area contributed by atoms with E-state index in [2.05, 4.69) is 5.32 Å². The van der Waals surface area contributed by atoms with Crippen LogP contribution in [0.2, 0.25) is 0 Å². The Labute approximate surface area is 147 Å². The van der Waals surface area contributed by atoms with Gasteiger partial charge in [-0.15, -0.1) is 0 Å². The molecule has 0 unspecified atom stereocenters. The Morgan fingerprint density at radius 3 is 2.40 bits per heavy atom. The summed E-state index contributed by atoms with van der Waals surface area (Å²) in [5.41, 5.74) is 1.01. The van der Waals surface area contributed by atoms with Crippen LogP contribution in [0.3, 0.4) is 0 Å². The molecule has 0 aliphatic carbocycles. The van der Waals surface area contributed by atoms with E-state index >= 15 is 0 Å². The maximum Gasteiger partial charge on any atom is 0.235 e. The predicted molar refractivity (Wildman–Crippen MR) is 96.3 cm³/mol. The van der Waals surface area contributed by atoms with Crippen molar-refractivity contribution in [1.29, 1.82) is 0 Å². The lowest BCUT2D eigenvalue weighted by Crippen LogP contribution is -2.44. The fourth-order valence-corrected chi connectivity index (χ4v) is 3.28. The number of ether oxygens (including phenoxy) is 3. The minimum absolute atomic E-state index is 0.0476. The molecule has 132 valence electrons. The van der Waals surface area contributed by atoms with E-state index in [0.717, 1.165) is 5.56 Å². The highest BCUT2D eigenvalue weighted by molar-refractivity contribution is 6.00. The van der Waals surface area contributed by atoms with E-state index < -0.39 is 5.41 Å². The van der Waals surface area contributed by atoms with Gasteiger partial charge < -0.3 is 19.5 Å². The topological polar surface area (TPSA) is 56.8 Å². The second-order valence-electron chi connectivity index (χ2n) is 6.08. The molecule has 5 nitrogen and oxygen atoms in total. The average Bonchev–Trinajstić information content (AvgIpc) is 2.69. The molecule has 3 rings (SSSR count). The third kappa shape index (κ3) is 3.46. The van der Waals surface area contributed by atoms with Gasteiger partial charge in [-0.2, -0.15) is 0 Å². The number of hydrogen-bond acceptors (Lipinski definition) is 4. The third-order valence-corrected chi connectivity index (χ3v) is 4.76. The molecule has 1 N–H and O–H groups in total. The summed E-state index contributed by atoms with van der Waals surface area (Å²) in [6.07, 6.45) is 1.30. The van der Waals surface area contributed by atoms with Gasteiger partial charge in [-0.25, -0.2) is 0 Å². The van der Waals surface area contributed by atoms with Crippen LogP contribution in [0.15, 0.2) is 48.5 Å². The van der Waals surface area contributed by atoms with Gasteiger partial charge in [0.05, 0.1) is 25.3 Å². The summed E-state index contributed by atoms with van der Waals surface area (Å²) in [7, 11) is 3.18. The first kappa shape index (κ1) is 17.3. The molecule has 1 aliphatic rings. The molecule has 1 heterocycles. The molecule has 1 amide bonds. The predicted octanol–water partition coefficient (Wildman–Crippen LogP) is 3.39. The molecule has 0 atom stereocenters. The molecule has 2 aromatic rings. The highest BCUT2D eigenvalue weighted by atomic mass is 16.5. The van der Waals surface area contributed by atoms with Crippen molar-refractivity contribution < 1.29 is 19.0 Å². The summed E-state index contributed by atoms with van der Waals surface area (Å²) in [6, 6.07) is 15.3. The van der Waals surface area contributed by atoms with Gasteiger partial charge in [0.15, 0.2) is 0 Å². The van der Waals surface area contributed by atoms with Gasteiger partial charge in [0.1, 0.15) is 11.5 Å². The summed E-state index contributed by atoms with van der Waals surface area (Å²) in [4.78, 5) is 13.3. The van der Waals surface area contributed by atoms with Crippen molar-refractivity contribution in [3.8, 4) is 11.5 Å². The van der Waals surface area contributed by atoms with E-state index in [1.54, 1.807) is 32.4 Å². The van der Waals surface area contributed by atoms with Crippen molar-refractivity contribution in [3.63, 3.8) is 0 Å². The Hall–Kier alpha value is -2.53. The summed E-state index contributed by atoms with van der Waals surface area (Å²) < 4.78 is 16.1. The number of methoxy groups -OCH3 is 2. The summed E-state index contributed by atoms with van der Waals surface area (Å²) in [6.45, 7) is 1.13. The maximum absolute atomic E-state index is 13.3. The largest absolute Gasteiger partial charge is 0.497 e. The molecule has 0 saturated carbocycles. The number of nitrogens with one attached hydrogen (secondary N) is 1. The zero-order valence-corrected chi connectivity index (χ0v) is 14.6. The monoisotopic (exact) mass is 341 g/mol. The Morgan fingerprint density at radius 2 is 1.76 bits per heavy atom. The molecule has 5 heteroatoms. The SMILES string of the molecule is COc1ccc(OC)c(NC(=O)C2(c3ccccc3)CCOCC2)c1. The number of rotatable bonds is 5. The van der Waals surface area contributed by atoms with Gasteiger partial charge >= 0.3 is 0 Å². The second kappa shape index (κ2) is 7.57. The standard InChI is InChI=1S/C20H23NO4/c1-23-16-8-9-18(24-2)17(14-16)21-19(22)20(10-12-25-13-11-20)15-6-4-3-5-7-15/h3-9,14H,10-13H2,1-2H3,(H,21,22). The fraction of sp³-hybridized carbons (Fsp3) is 0.350. The van der Waals surface area contributed by atoms with Crippen LogP contribution in [0.1, 0.15) is 18.4 Å². The van der Waals surface area contributed by atoms with Gasteiger partial charge in [0.25, 0.3) is 0 Å². The molecule has 2 aromatic carbocycles. The molecule has 1 aliphatic heterocycles. The van der Waals surface area contributed by atoms with Gasteiger partial charge in [-0.3, -0.25) is 4.79 Å². The van der Waals surface area contributed by atoms with Crippen molar-refractivity contribution in [2.75, 3.05) is 32.8 Å². The van der Waals surface area contributed by atoms with Crippen LogP contribution in [0.5, 0.6) is 11.5 Å². The van der Waals surface area contributed by atoms with E-state index in [1.165, 1.54) is 0 Å². The number of carbonyl (C=O) groups excluding carboxylic acids is 1. The number of anilines is 1. The first-order chi connectivity index (χ1) is 12.2. The number of amides is 1. The molecule has 0 bridgehead atoms. The number of carbonyl (C=O) groups is 1. The minimum Gasteiger partial charge on any atom is -0.497 e. The summed E-state index contributed by atoms with van der Waals surface area (Å²) in [5.74, 6) is 1.22. The van der Waals surface area contributed by atoms with Crippen LogP contribution in [0, 0.1) is 0 Å². The Balaban J connectivity index is 1.94. The molecule has 0 spiro atoms. The zero-order valence-electron chi connectivity index (χ0n) is 14.6. The first-order valence-corrected chi connectivity index (χ1v) is 8.36. The summed E-state index contributed by atoms with van der Waals surface area (Å²) >= 11 is 0. The van der Waals surface area contributed by atoms with Crippen molar-refractivity contribution in [2.45, 2.75) is 18.3 Å². The summed E-state index contributed by atoms with van der Waals surface area (Å²) in [5, 5.41) is 3.05. The second-order valence-corrected chi connectivity index (χ2v) is 6.08. The first-order valence-electron chi connectivity index (χ1n) is 8.36. The van der Waals surface area contributed by atoms with Crippen molar-refractivity contribution in [2.24, 2.45) is 0 Å². The minimum atomic E-state index is -0.604. The molecule has 1 fully saturated rings. The van der Waals surface area contributed by atoms with Gasteiger partial charge in [0, 0.05) is 19.3 Å². The Morgan fingerprint density at radius 1 is 1.04 bits per heavy atom. The molecule has 1 saturated heterocycles. The quantitative estimate of drug-likeness (QED) is 0.906. The van der Waals surface area contributed by atoms with E-state index in [-0.39, 0.29) is 5.91 Å². The van der Waals surface area contributed by atoms with E-state index in [4.69, 9.17) is 14.2 Å². The molecule has 25 heavy (non-hydrogen) atoms. The highest BCUT2D eigenvalue weighted by Crippen LogP contribution is 2.37.